The monoisotopic (exact) mass is 246 g/mol. The Morgan fingerprint density at radius 1 is 1.47 bits per heavy atom. The van der Waals surface area contributed by atoms with Gasteiger partial charge in [0.25, 0.3) is 0 Å². The van der Waals surface area contributed by atoms with Gasteiger partial charge in [0, 0.05) is 0 Å². The predicted molar refractivity (Wildman–Crippen MR) is 58.6 cm³/mol. The molecule has 0 aliphatic carbocycles. The summed E-state index contributed by atoms with van der Waals surface area (Å²) in [6.45, 7) is 7.11. The molecule has 0 bridgehead atoms. The molecule has 17 heavy (non-hydrogen) atoms. The van der Waals surface area contributed by atoms with Crippen molar-refractivity contribution in [2.45, 2.75) is 26.7 Å². The normalized spacial score (nSPS) is 25.4. The molecule has 0 aromatic carbocycles. The summed E-state index contributed by atoms with van der Waals surface area (Å²) >= 11 is 0. The number of rotatable bonds is 4. The number of carbonyl (C=O) groups is 3. The maximum atomic E-state index is 11.8. The summed E-state index contributed by atoms with van der Waals surface area (Å²) in [6, 6.07) is -0.870. The Balaban J connectivity index is 0.00000256. The molecule has 5 nitrogen and oxygen atoms in total. The fourth-order valence-corrected chi connectivity index (χ4v) is 2.07. The summed E-state index contributed by atoms with van der Waals surface area (Å²) in [7, 11) is 0. The van der Waals surface area contributed by atoms with Crippen LogP contribution in [0.1, 0.15) is 26.7 Å². The van der Waals surface area contributed by atoms with Gasteiger partial charge in [0.1, 0.15) is 0 Å². The van der Waals surface area contributed by atoms with Gasteiger partial charge in [0.15, 0.2) is 17.8 Å². The molecule has 1 aliphatic rings. The minimum Gasteiger partial charge on any atom is -0.394 e. The zero-order chi connectivity index (χ0) is 12.3. The Morgan fingerprint density at radius 3 is 2.47 bits per heavy atom. The van der Waals surface area contributed by atoms with Gasteiger partial charge in [0.2, 0.25) is 0 Å². The van der Waals surface area contributed by atoms with Crippen LogP contribution in [0, 0.1) is 11.3 Å². The summed E-state index contributed by atoms with van der Waals surface area (Å²) in [4.78, 5) is 34.6. The smallest absolute Gasteiger partial charge is 0.394 e. The molecule has 0 spiro atoms. The molecule has 6 heteroatoms. The average Bonchev–Trinajstić information content (AvgIpc) is 2.18. The molecule has 1 heterocycles. The van der Waals surface area contributed by atoms with Gasteiger partial charge in [0.05, 0.1) is 5.41 Å². The number of nitrogens with zero attached hydrogens (tertiary/aromatic N) is 1. The van der Waals surface area contributed by atoms with Gasteiger partial charge in [-0.05, 0) is 18.8 Å². The molecule has 88 valence electrons. The topological polar surface area (TPSA) is 77.3 Å². The molecule has 1 saturated heterocycles. The van der Waals surface area contributed by atoms with Crippen LogP contribution < -0.4 is 34.9 Å². The van der Waals surface area contributed by atoms with Gasteiger partial charge in [-0.1, -0.05) is 19.9 Å². The summed E-state index contributed by atoms with van der Waals surface area (Å²) in [5.41, 5.74) is -1.22. The summed E-state index contributed by atoms with van der Waals surface area (Å²) in [5.74, 6) is -1.41. The average molecular weight is 246 g/mol. The van der Waals surface area contributed by atoms with E-state index in [1.54, 1.807) is 19.9 Å². The van der Waals surface area contributed by atoms with Crippen LogP contribution in [0.5, 0.6) is 0 Å². The Hall–Kier alpha value is -0.650. The number of carbonyl (C=O) groups excluding carboxylic acids is 3. The van der Waals surface area contributed by atoms with E-state index >= 15 is 0 Å². The van der Waals surface area contributed by atoms with E-state index in [-0.39, 0.29) is 35.5 Å². The van der Waals surface area contributed by atoms with Gasteiger partial charge >= 0.3 is 29.6 Å². The van der Waals surface area contributed by atoms with Crippen LogP contribution in [0.15, 0.2) is 12.7 Å². The number of imide groups is 2. The van der Waals surface area contributed by atoms with Crippen molar-refractivity contribution in [3.05, 3.63) is 18.0 Å². The Morgan fingerprint density at radius 2 is 2.06 bits per heavy atom. The standard InChI is InChI=1S/C11H16N2O3.Na/c1-4-6-7(3)11(5-2)8(14)12-10(16)13-9(11)15;/h4,7H,1,5-6H2,2-3H3,(H2,12,13,14,15,16);/q;+1/p-1. The molecule has 1 fully saturated rings. The number of hydrogen-bond acceptors (Lipinski definition) is 3. The van der Waals surface area contributed by atoms with E-state index < -0.39 is 23.3 Å². The van der Waals surface area contributed by atoms with E-state index in [0.29, 0.717) is 12.8 Å². The number of urea groups is 1. The Kier molecular flexibility index (Phi) is 6.09. The molecule has 0 saturated carbocycles. The molecule has 1 N–H and O–H groups in total. The first-order valence-corrected chi connectivity index (χ1v) is 5.21. The molecule has 1 rings (SSSR count). The van der Waals surface area contributed by atoms with Crippen LogP contribution >= 0.6 is 0 Å². The van der Waals surface area contributed by atoms with E-state index in [1.807, 2.05) is 0 Å². The van der Waals surface area contributed by atoms with Crippen LogP contribution in [0.4, 0.5) is 4.79 Å². The van der Waals surface area contributed by atoms with Gasteiger partial charge in [-0.2, -0.15) is 0 Å². The second kappa shape index (κ2) is 6.33. The van der Waals surface area contributed by atoms with Crippen molar-refractivity contribution < 1.29 is 43.9 Å². The largest absolute Gasteiger partial charge is 1.00 e. The van der Waals surface area contributed by atoms with E-state index in [9.17, 15) is 14.4 Å². The third kappa shape index (κ3) is 2.78. The fraction of sp³-hybridized carbons (Fsp3) is 0.545. The number of barbiturate groups is 1. The first kappa shape index (κ1) is 16.4. The molecule has 2 atom stereocenters. The van der Waals surface area contributed by atoms with Crippen LogP contribution in [0.3, 0.4) is 0 Å². The molecule has 1 aliphatic heterocycles. The molecular weight excluding hydrogens is 231 g/mol. The van der Waals surface area contributed by atoms with Gasteiger partial charge in [-0.25, -0.2) is 0 Å². The number of amides is 4. The van der Waals surface area contributed by atoms with Crippen LogP contribution in [0.25, 0.3) is 5.32 Å². The summed E-state index contributed by atoms with van der Waals surface area (Å²) in [5, 5.41) is 5.41. The minimum absolute atomic E-state index is 0. The second-order valence-electron chi connectivity index (χ2n) is 3.93. The minimum atomic E-state index is -1.22. The van der Waals surface area contributed by atoms with Crippen LogP contribution in [0.2, 0.25) is 0 Å². The van der Waals surface area contributed by atoms with Crippen molar-refractivity contribution in [1.29, 1.82) is 0 Å². The molecule has 0 aromatic rings. The SMILES string of the molecule is C=CCC(C)C1(CC)C(=O)[N-]C(=O)NC1=O.[Na+]. The van der Waals surface area contributed by atoms with Gasteiger partial charge in [-0.15, -0.1) is 6.58 Å². The van der Waals surface area contributed by atoms with Crippen molar-refractivity contribution in [2.75, 3.05) is 0 Å². The van der Waals surface area contributed by atoms with Crippen molar-refractivity contribution in [2.24, 2.45) is 11.3 Å². The van der Waals surface area contributed by atoms with Crippen molar-refractivity contribution in [3.63, 3.8) is 0 Å². The van der Waals surface area contributed by atoms with Crippen molar-refractivity contribution in [1.82, 2.24) is 5.32 Å². The molecule has 2 unspecified atom stereocenters. The van der Waals surface area contributed by atoms with Gasteiger partial charge in [-0.3, -0.25) is 14.4 Å². The van der Waals surface area contributed by atoms with E-state index in [2.05, 4.69) is 17.2 Å². The van der Waals surface area contributed by atoms with Crippen molar-refractivity contribution in [3.8, 4) is 0 Å². The third-order valence-corrected chi connectivity index (χ3v) is 3.13. The number of hydrogen-bond donors (Lipinski definition) is 1. The van der Waals surface area contributed by atoms with E-state index in [4.69, 9.17) is 0 Å². The van der Waals surface area contributed by atoms with Crippen LogP contribution in [-0.4, -0.2) is 17.8 Å². The Bertz CT molecular complexity index is 335. The quantitative estimate of drug-likeness (QED) is 0.382. The fourth-order valence-electron chi connectivity index (χ4n) is 2.07. The maximum absolute atomic E-state index is 11.8. The first-order valence-electron chi connectivity index (χ1n) is 5.21. The number of nitrogens with one attached hydrogen (secondary N) is 1. The zero-order valence-electron chi connectivity index (χ0n) is 10.4. The molecule has 0 aromatic heterocycles. The van der Waals surface area contributed by atoms with Crippen molar-refractivity contribution >= 4 is 17.8 Å². The molecule has 4 amide bonds. The van der Waals surface area contributed by atoms with E-state index in [0.717, 1.165) is 0 Å². The second-order valence-corrected chi connectivity index (χ2v) is 3.93. The summed E-state index contributed by atoms with van der Waals surface area (Å²) in [6.07, 6.45) is 2.50. The Labute approximate surface area is 123 Å². The number of allylic oxidation sites excluding steroid dienone is 1. The summed E-state index contributed by atoms with van der Waals surface area (Å²) < 4.78 is 0. The predicted octanol–water partition coefficient (Wildman–Crippen LogP) is -1.25. The van der Waals surface area contributed by atoms with E-state index in [1.165, 1.54) is 0 Å². The maximum Gasteiger partial charge on any atom is 1.00 e. The zero-order valence-corrected chi connectivity index (χ0v) is 12.4. The van der Waals surface area contributed by atoms with Gasteiger partial charge < -0.3 is 10.6 Å². The first-order chi connectivity index (χ1) is 7.48. The molecular formula is C11H15N2NaO3. The third-order valence-electron chi connectivity index (χ3n) is 3.13. The molecule has 0 radical (unpaired) electrons. The van der Waals surface area contributed by atoms with Crippen LogP contribution in [-0.2, 0) is 9.59 Å².